The molecule has 5 aliphatic rings. The summed E-state index contributed by atoms with van der Waals surface area (Å²) < 4.78 is 0. The molecule has 4 aliphatic carbocycles. The highest BCUT2D eigenvalue weighted by atomic mass is 16.1. The molecule has 4 heteroatoms. The summed E-state index contributed by atoms with van der Waals surface area (Å²) in [6.45, 7) is 11.6. The van der Waals surface area contributed by atoms with Gasteiger partial charge < -0.3 is 5.32 Å². The minimum Gasteiger partial charge on any atom is -0.314 e. The first kappa shape index (κ1) is 20.4. The SMILES string of the molecule is C[C@@H]1C[C@H]2[C@@H]3CCC4=CC(=O)C=C[C@]4(C)C3=CC[C@]2(C)[C@H]1C(=O)CN1CCNCC1. The summed E-state index contributed by atoms with van der Waals surface area (Å²) >= 11 is 0. The molecule has 0 bridgehead atoms. The first-order valence-corrected chi connectivity index (χ1v) is 11.9. The van der Waals surface area contributed by atoms with Crippen LogP contribution >= 0.6 is 0 Å². The van der Waals surface area contributed by atoms with Crippen LogP contribution in [0.15, 0.2) is 35.5 Å². The fourth-order valence-corrected chi connectivity index (χ4v) is 7.76. The Kier molecular flexibility index (Phi) is 4.94. The lowest BCUT2D eigenvalue weighted by Gasteiger charge is -2.52. The second kappa shape index (κ2) is 7.27. The molecular weight excluding hydrogens is 372 g/mol. The van der Waals surface area contributed by atoms with Gasteiger partial charge in [-0.2, -0.15) is 0 Å². The number of hydrogen-bond donors (Lipinski definition) is 1. The third kappa shape index (κ3) is 3.02. The zero-order valence-corrected chi connectivity index (χ0v) is 18.7. The molecule has 0 aromatic carbocycles. The molecule has 0 aromatic rings. The Morgan fingerprint density at radius 3 is 2.80 bits per heavy atom. The van der Waals surface area contributed by atoms with E-state index in [1.54, 1.807) is 6.08 Å². The van der Waals surface area contributed by atoms with Crippen LogP contribution < -0.4 is 5.32 Å². The molecule has 3 fully saturated rings. The van der Waals surface area contributed by atoms with Crippen molar-refractivity contribution >= 4 is 11.6 Å². The molecular formula is C26H36N2O2. The summed E-state index contributed by atoms with van der Waals surface area (Å²) in [5.74, 6) is 2.35. The maximum atomic E-state index is 13.5. The Morgan fingerprint density at radius 1 is 1.27 bits per heavy atom. The number of carbonyl (C=O) groups is 2. The van der Waals surface area contributed by atoms with E-state index in [0.29, 0.717) is 30.1 Å². The molecule has 1 aliphatic heterocycles. The Bertz CT molecular complexity index is 849. The van der Waals surface area contributed by atoms with E-state index in [-0.39, 0.29) is 22.5 Å². The van der Waals surface area contributed by atoms with Gasteiger partial charge in [0.2, 0.25) is 0 Å². The summed E-state index contributed by atoms with van der Waals surface area (Å²) in [4.78, 5) is 27.8. The van der Waals surface area contributed by atoms with Gasteiger partial charge in [0.25, 0.3) is 0 Å². The van der Waals surface area contributed by atoms with Crippen molar-refractivity contribution < 1.29 is 9.59 Å². The third-order valence-corrected chi connectivity index (χ3v) is 9.22. The molecule has 1 saturated heterocycles. The lowest BCUT2D eigenvalue weighted by Crippen LogP contribution is -2.49. The van der Waals surface area contributed by atoms with Crippen LogP contribution in [0.3, 0.4) is 0 Å². The summed E-state index contributed by atoms with van der Waals surface area (Å²) in [5.41, 5.74) is 2.79. The second-order valence-corrected chi connectivity index (χ2v) is 10.9. The largest absolute Gasteiger partial charge is 0.314 e. The number of nitrogens with zero attached hydrogens (tertiary/aromatic N) is 1. The number of piperazine rings is 1. The van der Waals surface area contributed by atoms with Crippen LogP contribution in [-0.2, 0) is 9.59 Å². The van der Waals surface area contributed by atoms with Crippen molar-refractivity contribution in [1.82, 2.24) is 10.2 Å². The highest BCUT2D eigenvalue weighted by Crippen LogP contribution is 2.65. The van der Waals surface area contributed by atoms with Gasteiger partial charge in [0, 0.05) is 37.5 Å². The molecule has 30 heavy (non-hydrogen) atoms. The minimum atomic E-state index is -0.0930. The van der Waals surface area contributed by atoms with Crippen LogP contribution in [0.25, 0.3) is 0 Å². The van der Waals surface area contributed by atoms with Gasteiger partial charge in [-0.25, -0.2) is 0 Å². The lowest BCUT2D eigenvalue weighted by molar-refractivity contribution is -0.129. The standard InChI is InChI=1S/C26H36N2O2/c1-17-14-22-20-5-4-18-15-19(29)6-8-25(18,2)21(20)7-9-26(22,3)24(17)23(30)16-28-12-10-27-11-13-28/h6-8,15,17,20,22,24,27H,4-5,9-14,16H2,1-3H3/t17-,20-,22+,24-,25+,26+/m1/s1. The van der Waals surface area contributed by atoms with Crippen LogP contribution in [0.5, 0.6) is 0 Å². The summed E-state index contributed by atoms with van der Waals surface area (Å²) in [7, 11) is 0. The average molecular weight is 409 g/mol. The Balaban J connectivity index is 1.42. The maximum Gasteiger partial charge on any atom is 0.178 e. The van der Waals surface area contributed by atoms with Crippen molar-refractivity contribution in [3.63, 3.8) is 0 Å². The first-order chi connectivity index (χ1) is 14.3. The van der Waals surface area contributed by atoms with Crippen LogP contribution in [0, 0.1) is 34.5 Å². The molecule has 1 heterocycles. The molecule has 6 atom stereocenters. The van der Waals surface area contributed by atoms with Crippen molar-refractivity contribution in [2.45, 2.75) is 46.5 Å². The van der Waals surface area contributed by atoms with E-state index < -0.39 is 0 Å². The van der Waals surface area contributed by atoms with Gasteiger partial charge in [-0.3, -0.25) is 14.5 Å². The maximum absolute atomic E-state index is 13.5. The number of ketones is 2. The molecule has 0 spiro atoms. The monoisotopic (exact) mass is 408 g/mol. The molecule has 1 N–H and O–H groups in total. The number of rotatable bonds is 3. The highest BCUT2D eigenvalue weighted by molar-refractivity contribution is 6.01. The van der Waals surface area contributed by atoms with Crippen LogP contribution in [0.2, 0.25) is 0 Å². The van der Waals surface area contributed by atoms with Gasteiger partial charge in [-0.15, -0.1) is 0 Å². The van der Waals surface area contributed by atoms with E-state index in [1.807, 2.05) is 6.08 Å². The summed E-state index contributed by atoms with van der Waals surface area (Å²) in [6.07, 6.45) is 12.5. The summed E-state index contributed by atoms with van der Waals surface area (Å²) in [5, 5.41) is 3.39. The first-order valence-electron chi connectivity index (χ1n) is 11.9. The van der Waals surface area contributed by atoms with E-state index in [1.165, 1.54) is 11.1 Å². The third-order valence-electron chi connectivity index (χ3n) is 9.22. The zero-order valence-electron chi connectivity index (χ0n) is 18.7. The smallest absolute Gasteiger partial charge is 0.178 e. The lowest BCUT2D eigenvalue weighted by atomic mass is 9.52. The Morgan fingerprint density at radius 2 is 2.03 bits per heavy atom. The second-order valence-electron chi connectivity index (χ2n) is 10.9. The topological polar surface area (TPSA) is 49.4 Å². The molecule has 162 valence electrons. The number of allylic oxidation sites excluding steroid dienone is 6. The number of Topliss-reactive ketones (excluding diaryl/α,β-unsaturated/α-hetero) is 1. The summed E-state index contributed by atoms with van der Waals surface area (Å²) in [6, 6.07) is 0. The molecule has 5 rings (SSSR count). The van der Waals surface area contributed by atoms with Crippen molar-refractivity contribution in [2.24, 2.45) is 34.5 Å². The number of carbonyl (C=O) groups excluding carboxylic acids is 2. The van der Waals surface area contributed by atoms with Gasteiger partial charge in [-0.05, 0) is 67.9 Å². The van der Waals surface area contributed by atoms with E-state index in [4.69, 9.17) is 0 Å². The molecule has 0 aromatic heterocycles. The van der Waals surface area contributed by atoms with Crippen molar-refractivity contribution in [1.29, 1.82) is 0 Å². The van der Waals surface area contributed by atoms with Crippen molar-refractivity contribution in [3.8, 4) is 0 Å². The molecule has 2 saturated carbocycles. The predicted molar refractivity (Wildman–Crippen MR) is 119 cm³/mol. The number of hydrogen-bond acceptors (Lipinski definition) is 4. The van der Waals surface area contributed by atoms with Crippen LogP contribution in [-0.4, -0.2) is 49.2 Å². The highest BCUT2D eigenvalue weighted by Gasteiger charge is 2.59. The normalized spacial score (nSPS) is 43.4. The Labute approximate surface area is 180 Å². The Hall–Kier alpha value is -1.52. The number of fused-ring (bicyclic) bond motifs is 5. The molecule has 0 amide bonds. The van der Waals surface area contributed by atoms with Gasteiger partial charge in [0.05, 0.1) is 6.54 Å². The molecule has 4 nitrogen and oxygen atoms in total. The quantitative estimate of drug-likeness (QED) is 0.726. The average Bonchev–Trinajstić information content (AvgIpc) is 2.99. The molecule has 0 radical (unpaired) electrons. The van der Waals surface area contributed by atoms with E-state index in [2.05, 4.69) is 43.1 Å². The fraction of sp³-hybridized carbons (Fsp3) is 0.692. The van der Waals surface area contributed by atoms with Crippen LogP contribution in [0.4, 0.5) is 0 Å². The number of nitrogens with one attached hydrogen (secondary N) is 1. The van der Waals surface area contributed by atoms with Gasteiger partial charge in [-0.1, -0.05) is 37.1 Å². The van der Waals surface area contributed by atoms with E-state index in [0.717, 1.165) is 51.9 Å². The van der Waals surface area contributed by atoms with Crippen molar-refractivity contribution in [2.75, 3.05) is 32.7 Å². The van der Waals surface area contributed by atoms with E-state index in [9.17, 15) is 9.59 Å². The predicted octanol–water partition coefficient (Wildman–Crippen LogP) is 3.55. The van der Waals surface area contributed by atoms with Gasteiger partial charge in [0.1, 0.15) is 0 Å². The minimum absolute atomic E-state index is 0.0739. The van der Waals surface area contributed by atoms with Crippen LogP contribution in [0.1, 0.15) is 46.5 Å². The van der Waals surface area contributed by atoms with E-state index >= 15 is 0 Å². The fourth-order valence-electron chi connectivity index (χ4n) is 7.76. The molecule has 0 unspecified atom stereocenters. The van der Waals surface area contributed by atoms with Gasteiger partial charge in [0.15, 0.2) is 11.6 Å². The van der Waals surface area contributed by atoms with Gasteiger partial charge >= 0.3 is 0 Å². The van der Waals surface area contributed by atoms with Crippen molar-refractivity contribution in [3.05, 3.63) is 35.5 Å². The zero-order chi connectivity index (χ0) is 21.1.